The van der Waals surface area contributed by atoms with Crippen LogP contribution in [0.25, 0.3) is 0 Å². The van der Waals surface area contributed by atoms with Gasteiger partial charge < -0.3 is 10.6 Å². The topological polar surface area (TPSA) is 41.1 Å². The van der Waals surface area contributed by atoms with Crippen molar-refractivity contribution in [3.05, 3.63) is 35.9 Å². The van der Waals surface area contributed by atoms with Crippen molar-refractivity contribution >= 4 is 17.7 Å². The molecule has 1 aliphatic heterocycles. The molecule has 0 radical (unpaired) electrons. The fourth-order valence-corrected chi connectivity index (χ4v) is 3.30. The Kier molecular flexibility index (Phi) is 6.24. The van der Waals surface area contributed by atoms with E-state index in [1.165, 1.54) is 24.2 Å². The number of amides is 1. The number of hydrogen-bond donors (Lipinski definition) is 2. The van der Waals surface area contributed by atoms with Crippen molar-refractivity contribution in [1.82, 2.24) is 10.6 Å². The summed E-state index contributed by atoms with van der Waals surface area (Å²) in [6.07, 6.45) is 3.36. The maximum atomic E-state index is 11.7. The molecule has 4 heteroatoms. The molecule has 0 bridgehead atoms. The highest BCUT2D eigenvalue weighted by molar-refractivity contribution is 7.99. The standard InChI is InChI=1S/C15H22N2OS/c18-15(11-17-14-7-4-10-19-12-14)16-9-8-13-5-2-1-3-6-13/h1-3,5-6,14,17H,4,7-12H2,(H,16,18)/t14-/m0/s1. The van der Waals surface area contributed by atoms with Crippen molar-refractivity contribution in [2.45, 2.75) is 25.3 Å². The van der Waals surface area contributed by atoms with E-state index in [1.807, 2.05) is 30.0 Å². The van der Waals surface area contributed by atoms with E-state index in [2.05, 4.69) is 22.8 Å². The highest BCUT2D eigenvalue weighted by Gasteiger charge is 2.13. The summed E-state index contributed by atoms with van der Waals surface area (Å²) in [5, 5.41) is 6.30. The van der Waals surface area contributed by atoms with Crippen molar-refractivity contribution in [3.8, 4) is 0 Å². The first kappa shape index (κ1) is 14.4. The second-order valence-electron chi connectivity index (χ2n) is 4.88. The summed E-state index contributed by atoms with van der Waals surface area (Å²) in [5.74, 6) is 2.50. The number of thioether (sulfide) groups is 1. The van der Waals surface area contributed by atoms with E-state index in [9.17, 15) is 4.79 Å². The molecule has 1 fully saturated rings. The maximum absolute atomic E-state index is 11.7. The Morgan fingerprint density at radius 2 is 2.16 bits per heavy atom. The van der Waals surface area contributed by atoms with Crippen molar-refractivity contribution in [1.29, 1.82) is 0 Å². The normalized spacial score (nSPS) is 19.1. The molecule has 1 aromatic rings. The fraction of sp³-hybridized carbons (Fsp3) is 0.533. The van der Waals surface area contributed by atoms with Crippen LogP contribution < -0.4 is 10.6 Å². The lowest BCUT2D eigenvalue weighted by Crippen LogP contribution is -2.41. The van der Waals surface area contributed by atoms with E-state index in [4.69, 9.17) is 0 Å². The summed E-state index contributed by atoms with van der Waals surface area (Å²) in [5.41, 5.74) is 1.26. The van der Waals surface area contributed by atoms with Gasteiger partial charge in [0.15, 0.2) is 0 Å². The molecular weight excluding hydrogens is 256 g/mol. The smallest absolute Gasteiger partial charge is 0.233 e. The molecule has 0 saturated carbocycles. The van der Waals surface area contributed by atoms with Gasteiger partial charge in [0.25, 0.3) is 0 Å². The van der Waals surface area contributed by atoms with Crippen LogP contribution in [-0.2, 0) is 11.2 Å². The van der Waals surface area contributed by atoms with Crippen LogP contribution in [0.4, 0.5) is 0 Å². The van der Waals surface area contributed by atoms with Gasteiger partial charge >= 0.3 is 0 Å². The second-order valence-corrected chi connectivity index (χ2v) is 6.03. The molecule has 19 heavy (non-hydrogen) atoms. The lowest BCUT2D eigenvalue weighted by atomic mass is 10.1. The largest absolute Gasteiger partial charge is 0.355 e. The summed E-state index contributed by atoms with van der Waals surface area (Å²) < 4.78 is 0. The fourth-order valence-electron chi connectivity index (χ4n) is 2.19. The Hall–Kier alpha value is -1.00. The second kappa shape index (κ2) is 8.23. The highest BCUT2D eigenvalue weighted by Crippen LogP contribution is 2.16. The van der Waals surface area contributed by atoms with E-state index in [0.717, 1.165) is 12.2 Å². The van der Waals surface area contributed by atoms with Gasteiger partial charge in [-0.05, 0) is 30.6 Å². The molecule has 1 heterocycles. The summed E-state index contributed by atoms with van der Waals surface area (Å²) in [6.45, 7) is 1.16. The molecule has 0 unspecified atom stereocenters. The molecule has 0 spiro atoms. The van der Waals surface area contributed by atoms with Crippen molar-refractivity contribution in [2.24, 2.45) is 0 Å². The average molecular weight is 278 g/mol. The monoisotopic (exact) mass is 278 g/mol. The molecule has 2 N–H and O–H groups in total. The van der Waals surface area contributed by atoms with Crippen LogP contribution in [-0.4, -0.2) is 36.5 Å². The van der Waals surface area contributed by atoms with E-state index in [0.29, 0.717) is 19.1 Å². The lowest BCUT2D eigenvalue weighted by Gasteiger charge is -2.22. The van der Waals surface area contributed by atoms with Gasteiger partial charge in [0.2, 0.25) is 5.91 Å². The first-order valence-electron chi connectivity index (χ1n) is 6.96. The average Bonchev–Trinajstić information content (AvgIpc) is 2.47. The van der Waals surface area contributed by atoms with Crippen LogP contribution in [0.1, 0.15) is 18.4 Å². The van der Waals surface area contributed by atoms with Crippen LogP contribution in [0.5, 0.6) is 0 Å². The SMILES string of the molecule is O=C(CN[C@H]1CCCSC1)NCCc1ccccc1. The van der Waals surface area contributed by atoms with Gasteiger partial charge in [-0.25, -0.2) is 0 Å². The number of benzene rings is 1. The first-order chi connectivity index (χ1) is 9.34. The third-order valence-electron chi connectivity index (χ3n) is 3.29. The number of hydrogen-bond acceptors (Lipinski definition) is 3. The first-order valence-corrected chi connectivity index (χ1v) is 8.12. The van der Waals surface area contributed by atoms with Crippen molar-refractivity contribution in [2.75, 3.05) is 24.6 Å². The van der Waals surface area contributed by atoms with E-state index in [1.54, 1.807) is 0 Å². The Balaban J connectivity index is 1.57. The maximum Gasteiger partial charge on any atom is 0.233 e. The molecule has 104 valence electrons. The molecule has 1 aromatic carbocycles. The highest BCUT2D eigenvalue weighted by atomic mass is 32.2. The Labute approximate surface area is 119 Å². The lowest BCUT2D eigenvalue weighted by molar-refractivity contribution is -0.120. The molecule has 1 amide bonds. The van der Waals surface area contributed by atoms with Gasteiger partial charge in [-0.2, -0.15) is 11.8 Å². The third-order valence-corrected chi connectivity index (χ3v) is 4.51. The predicted octanol–water partition coefficient (Wildman–Crippen LogP) is 1.83. The zero-order valence-corrected chi connectivity index (χ0v) is 12.0. The zero-order chi connectivity index (χ0) is 13.3. The number of nitrogens with one attached hydrogen (secondary N) is 2. The van der Waals surface area contributed by atoms with Gasteiger partial charge in [0.05, 0.1) is 6.54 Å². The van der Waals surface area contributed by atoms with E-state index >= 15 is 0 Å². The molecule has 3 nitrogen and oxygen atoms in total. The molecule has 0 aliphatic carbocycles. The summed E-state index contributed by atoms with van der Waals surface area (Å²) in [7, 11) is 0. The van der Waals surface area contributed by atoms with E-state index < -0.39 is 0 Å². The predicted molar refractivity (Wildman–Crippen MR) is 81.5 cm³/mol. The Morgan fingerprint density at radius 3 is 2.89 bits per heavy atom. The minimum absolute atomic E-state index is 0.103. The van der Waals surface area contributed by atoms with Crippen LogP contribution in [0.2, 0.25) is 0 Å². The van der Waals surface area contributed by atoms with Gasteiger partial charge in [0.1, 0.15) is 0 Å². The summed E-state index contributed by atoms with van der Waals surface area (Å²) in [6, 6.07) is 10.7. The minimum Gasteiger partial charge on any atom is -0.355 e. The number of carbonyl (C=O) groups excluding carboxylic acids is 1. The Bertz CT molecular complexity index is 377. The van der Waals surface area contributed by atoms with E-state index in [-0.39, 0.29) is 5.91 Å². The molecule has 1 saturated heterocycles. The van der Waals surface area contributed by atoms with Crippen LogP contribution in [0, 0.1) is 0 Å². The zero-order valence-electron chi connectivity index (χ0n) is 11.2. The van der Waals surface area contributed by atoms with Crippen molar-refractivity contribution in [3.63, 3.8) is 0 Å². The third kappa shape index (κ3) is 5.66. The molecule has 1 aliphatic rings. The van der Waals surface area contributed by atoms with Gasteiger partial charge in [-0.1, -0.05) is 30.3 Å². The van der Waals surface area contributed by atoms with Crippen LogP contribution >= 0.6 is 11.8 Å². The van der Waals surface area contributed by atoms with Crippen LogP contribution in [0.15, 0.2) is 30.3 Å². The van der Waals surface area contributed by atoms with Crippen molar-refractivity contribution < 1.29 is 4.79 Å². The molecule has 2 rings (SSSR count). The van der Waals surface area contributed by atoms with Gasteiger partial charge in [-0.3, -0.25) is 4.79 Å². The summed E-state index contributed by atoms with van der Waals surface area (Å²) >= 11 is 1.98. The quantitative estimate of drug-likeness (QED) is 0.834. The number of rotatable bonds is 6. The van der Waals surface area contributed by atoms with Gasteiger partial charge in [0, 0.05) is 18.3 Å². The minimum atomic E-state index is 0.103. The van der Waals surface area contributed by atoms with Crippen LogP contribution in [0.3, 0.4) is 0 Å². The number of carbonyl (C=O) groups is 1. The molecule has 0 aromatic heterocycles. The summed E-state index contributed by atoms with van der Waals surface area (Å²) in [4.78, 5) is 11.7. The Morgan fingerprint density at radius 1 is 1.32 bits per heavy atom. The molecular formula is C15H22N2OS. The van der Waals surface area contributed by atoms with Gasteiger partial charge in [-0.15, -0.1) is 0 Å². The molecule has 1 atom stereocenters.